The number of likely N-dealkylation sites (tertiary alicyclic amines) is 1. The molecule has 1 saturated heterocycles. The monoisotopic (exact) mass is 383 g/mol. The van der Waals surface area contributed by atoms with Crippen LogP contribution in [0, 0.1) is 13.8 Å². The van der Waals surface area contributed by atoms with Crippen LogP contribution in [-0.2, 0) is 18.3 Å². The molecular weight excluding hydrogens is 354 g/mol. The van der Waals surface area contributed by atoms with Crippen LogP contribution in [0.15, 0.2) is 30.3 Å². The van der Waals surface area contributed by atoms with Crippen molar-refractivity contribution < 1.29 is 9.59 Å². The van der Waals surface area contributed by atoms with Crippen LogP contribution in [-0.4, -0.2) is 46.3 Å². The summed E-state index contributed by atoms with van der Waals surface area (Å²) in [4.78, 5) is 26.3. The molecule has 1 fully saturated rings. The number of nitrogens with zero attached hydrogens (tertiary/aromatic N) is 3. The van der Waals surface area contributed by atoms with Gasteiger partial charge in [-0.2, -0.15) is 5.10 Å². The van der Waals surface area contributed by atoms with Gasteiger partial charge in [-0.05, 0) is 37.8 Å². The second-order valence-electron chi connectivity index (χ2n) is 7.33. The van der Waals surface area contributed by atoms with E-state index in [2.05, 4.69) is 15.7 Å². The molecule has 0 saturated carbocycles. The molecule has 1 unspecified atom stereocenters. The van der Waals surface area contributed by atoms with Crippen molar-refractivity contribution in [3.05, 3.63) is 52.8 Å². The van der Waals surface area contributed by atoms with Gasteiger partial charge in [-0.15, -0.1) is 0 Å². The molecule has 1 aliphatic heterocycles. The van der Waals surface area contributed by atoms with Crippen LogP contribution >= 0.6 is 0 Å². The molecule has 0 bridgehead atoms. The quantitative estimate of drug-likeness (QED) is 0.770. The summed E-state index contributed by atoms with van der Waals surface area (Å²) in [5.41, 5.74) is 4.28. The highest BCUT2D eigenvalue weighted by Gasteiger charge is 2.25. The molecule has 3 rings (SSSR count). The zero-order valence-corrected chi connectivity index (χ0v) is 16.9. The number of hydrogen-bond acceptors (Lipinski definition) is 3. The van der Waals surface area contributed by atoms with Crippen molar-refractivity contribution in [1.82, 2.24) is 25.3 Å². The van der Waals surface area contributed by atoms with Crippen molar-refractivity contribution in [3.8, 4) is 0 Å². The topological polar surface area (TPSA) is 79.3 Å². The van der Waals surface area contributed by atoms with Crippen LogP contribution in [0.4, 0.5) is 4.79 Å². The second-order valence-corrected chi connectivity index (χ2v) is 7.33. The van der Waals surface area contributed by atoms with Gasteiger partial charge in [0, 0.05) is 38.8 Å². The molecule has 2 heterocycles. The first-order valence-corrected chi connectivity index (χ1v) is 9.82. The normalized spacial score (nSPS) is 15.0. The maximum atomic E-state index is 12.5. The predicted octanol–water partition coefficient (Wildman–Crippen LogP) is 2.24. The number of benzene rings is 1. The molecule has 1 atom stereocenters. The molecule has 3 amide bonds. The highest BCUT2D eigenvalue weighted by Crippen LogP contribution is 2.18. The molecule has 1 aromatic heterocycles. The number of carbonyl (C=O) groups is 2. The Bertz CT molecular complexity index is 831. The van der Waals surface area contributed by atoms with Gasteiger partial charge in [0.25, 0.3) is 0 Å². The highest BCUT2D eigenvalue weighted by atomic mass is 16.2. The summed E-state index contributed by atoms with van der Waals surface area (Å²) < 4.78 is 1.86. The Morgan fingerprint density at radius 2 is 2.00 bits per heavy atom. The lowest BCUT2D eigenvalue weighted by Crippen LogP contribution is -2.43. The molecule has 0 radical (unpaired) electrons. The van der Waals surface area contributed by atoms with E-state index in [0.29, 0.717) is 19.5 Å². The molecule has 7 nitrogen and oxygen atoms in total. The summed E-state index contributed by atoms with van der Waals surface area (Å²) in [7, 11) is 1.93. The summed E-state index contributed by atoms with van der Waals surface area (Å²) in [5, 5.41) is 10.4. The number of aryl methyl sites for hydroxylation is 2. The molecule has 150 valence electrons. The fourth-order valence-electron chi connectivity index (χ4n) is 3.73. The van der Waals surface area contributed by atoms with Crippen LogP contribution in [0.25, 0.3) is 0 Å². The van der Waals surface area contributed by atoms with Crippen molar-refractivity contribution >= 4 is 11.9 Å². The van der Waals surface area contributed by atoms with Crippen LogP contribution in [0.3, 0.4) is 0 Å². The first-order valence-electron chi connectivity index (χ1n) is 9.82. The number of aromatic nitrogens is 2. The zero-order valence-electron chi connectivity index (χ0n) is 16.9. The predicted molar refractivity (Wildman–Crippen MR) is 108 cm³/mol. The Hall–Kier alpha value is -2.83. The van der Waals surface area contributed by atoms with E-state index in [1.165, 1.54) is 5.56 Å². The standard InChI is InChI=1S/C21H29N5O2/c1-15-18(16(2)25(3)24-15)11-12-22-21(28)23-19(17-8-5-4-6-9-17)14-26-13-7-10-20(26)27/h4-6,8-9,19H,7,10-14H2,1-3H3,(H2,22,23,28). The van der Waals surface area contributed by atoms with Gasteiger partial charge < -0.3 is 15.5 Å². The van der Waals surface area contributed by atoms with E-state index in [4.69, 9.17) is 0 Å². The molecule has 1 aliphatic rings. The SMILES string of the molecule is Cc1nn(C)c(C)c1CCNC(=O)NC(CN1CCCC1=O)c1ccccc1. The molecule has 2 N–H and O–H groups in total. The average Bonchev–Trinajstić information content (AvgIpc) is 3.19. The van der Waals surface area contributed by atoms with Gasteiger partial charge >= 0.3 is 6.03 Å². The van der Waals surface area contributed by atoms with Crippen molar-refractivity contribution in [2.75, 3.05) is 19.6 Å². The smallest absolute Gasteiger partial charge is 0.315 e. The van der Waals surface area contributed by atoms with Gasteiger partial charge in [0.05, 0.1) is 11.7 Å². The van der Waals surface area contributed by atoms with E-state index < -0.39 is 0 Å². The van der Waals surface area contributed by atoms with E-state index in [1.807, 2.05) is 60.8 Å². The number of nitrogens with one attached hydrogen (secondary N) is 2. The van der Waals surface area contributed by atoms with Crippen molar-refractivity contribution in [3.63, 3.8) is 0 Å². The minimum Gasteiger partial charge on any atom is -0.340 e. The van der Waals surface area contributed by atoms with E-state index in [1.54, 1.807) is 0 Å². The maximum absolute atomic E-state index is 12.5. The lowest BCUT2D eigenvalue weighted by Gasteiger charge is -2.25. The van der Waals surface area contributed by atoms with Gasteiger partial charge in [-0.3, -0.25) is 9.48 Å². The van der Waals surface area contributed by atoms with Crippen molar-refractivity contribution in [1.29, 1.82) is 0 Å². The zero-order chi connectivity index (χ0) is 20.1. The molecule has 1 aromatic carbocycles. The largest absolute Gasteiger partial charge is 0.340 e. The molecule has 7 heteroatoms. The summed E-state index contributed by atoms with van der Waals surface area (Å²) in [6.07, 6.45) is 2.22. The van der Waals surface area contributed by atoms with Crippen molar-refractivity contribution in [2.24, 2.45) is 7.05 Å². The Morgan fingerprint density at radius 3 is 2.61 bits per heavy atom. The fraction of sp³-hybridized carbons (Fsp3) is 0.476. The third kappa shape index (κ3) is 4.71. The minimum absolute atomic E-state index is 0.158. The molecular formula is C21H29N5O2. The fourth-order valence-corrected chi connectivity index (χ4v) is 3.73. The summed E-state index contributed by atoms with van der Waals surface area (Å²) in [6, 6.07) is 9.34. The number of amides is 3. The highest BCUT2D eigenvalue weighted by molar-refractivity contribution is 5.78. The van der Waals surface area contributed by atoms with Crippen LogP contribution < -0.4 is 10.6 Å². The lowest BCUT2D eigenvalue weighted by molar-refractivity contribution is -0.128. The third-order valence-electron chi connectivity index (χ3n) is 5.40. The van der Waals surface area contributed by atoms with E-state index in [-0.39, 0.29) is 18.0 Å². The lowest BCUT2D eigenvalue weighted by atomic mass is 10.1. The van der Waals surface area contributed by atoms with Crippen molar-refractivity contribution in [2.45, 2.75) is 39.2 Å². The van der Waals surface area contributed by atoms with E-state index in [9.17, 15) is 9.59 Å². The Labute approximate surface area is 166 Å². The molecule has 0 aliphatic carbocycles. The first kappa shape index (κ1) is 19.9. The molecule has 28 heavy (non-hydrogen) atoms. The summed E-state index contributed by atoms with van der Waals surface area (Å²) in [5.74, 6) is 0.158. The van der Waals surface area contributed by atoms with Crippen LogP contribution in [0.1, 0.15) is 41.4 Å². The van der Waals surface area contributed by atoms with E-state index >= 15 is 0 Å². The molecule has 2 aromatic rings. The number of rotatable bonds is 7. The second kappa shape index (κ2) is 8.91. The first-order chi connectivity index (χ1) is 13.5. The van der Waals surface area contributed by atoms with Gasteiger partial charge in [-0.25, -0.2) is 4.79 Å². The van der Waals surface area contributed by atoms with Gasteiger partial charge in [0.15, 0.2) is 0 Å². The number of carbonyl (C=O) groups excluding carboxylic acids is 2. The van der Waals surface area contributed by atoms with Crippen LogP contribution in [0.5, 0.6) is 0 Å². The van der Waals surface area contributed by atoms with Crippen LogP contribution in [0.2, 0.25) is 0 Å². The van der Waals surface area contributed by atoms with Gasteiger partial charge in [0.1, 0.15) is 0 Å². The maximum Gasteiger partial charge on any atom is 0.315 e. The number of hydrogen-bond donors (Lipinski definition) is 2. The third-order valence-corrected chi connectivity index (χ3v) is 5.40. The van der Waals surface area contributed by atoms with Gasteiger partial charge in [0.2, 0.25) is 5.91 Å². The summed E-state index contributed by atoms with van der Waals surface area (Å²) in [6.45, 7) is 5.81. The minimum atomic E-state index is -0.231. The Kier molecular flexibility index (Phi) is 6.34. The summed E-state index contributed by atoms with van der Waals surface area (Å²) >= 11 is 0. The Morgan fingerprint density at radius 1 is 1.25 bits per heavy atom. The number of urea groups is 1. The molecule has 0 spiro atoms. The van der Waals surface area contributed by atoms with Gasteiger partial charge in [-0.1, -0.05) is 30.3 Å². The average molecular weight is 383 g/mol. The Balaban J connectivity index is 1.58. The van der Waals surface area contributed by atoms with E-state index in [0.717, 1.165) is 36.3 Å².